The van der Waals surface area contributed by atoms with Crippen molar-refractivity contribution in [3.63, 3.8) is 0 Å². The minimum absolute atomic E-state index is 0.163. The number of nitrogens with one attached hydrogen (secondary N) is 1. The van der Waals surface area contributed by atoms with Gasteiger partial charge in [0, 0.05) is 43.4 Å². The average Bonchev–Trinajstić information content (AvgIpc) is 3.61. The van der Waals surface area contributed by atoms with Gasteiger partial charge in [0.2, 0.25) is 0 Å². The first-order valence-electron chi connectivity index (χ1n) is 12.8. The van der Waals surface area contributed by atoms with E-state index in [2.05, 4.69) is 131 Å². The van der Waals surface area contributed by atoms with Crippen molar-refractivity contribution in [2.45, 2.75) is 6.04 Å². The summed E-state index contributed by atoms with van der Waals surface area (Å²) in [4.78, 5) is 5.32. The van der Waals surface area contributed by atoms with Gasteiger partial charge in [-0.05, 0) is 23.1 Å². The molecule has 3 heterocycles. The van der Waals surface area contributed by atoms with Crippen LogP contribution in [0.5, 0.6) is 0 Å². The highest BCUT2D eigenvalue weighted by atomic mass is 32.1. The average molecular weight is 506 g/mol. The first-order valence-corrected chi connectivity index (χ1v) is 13.7. The van der Waals surface area contributed by atoms with Crippen LogP contribution in [0.25, 0.3) is 48.4 Å². The molecule has 1 N–H and O–H groups in total. The molecule has 0 saturated carbocycles. The predicted octanol–water partition coefficient (Wildman–Crippen LogP) is 8.75. The van der Waals surface area contributed by atoms with Crippen LogP contribution in [0.1, 0.15) is 17.2 Å². The summed E-state index contributed by atoms with van der Waals surface area (Å²) in [5.74, 6) is 0.883. The van der Waals surface area contributed by atoms with E-state index in [9.17, 15) is 0 Å². The van der Waals surface area contributed by atoms with E-state index in [1.54, 1.807) is 0 Å². The highest BCUT2D eigenvalue weighted by Crippen LogP contribution is 2.46. The highest BCUT2D eigenvalue weighted by molar-refractivity contribution is 7.18. The summed E-state index contributed by atoms with van der Waals surface area (Å²) >= 11 is 1.82. The Morgan fingerprint density at radius 2 is 1.34 bits per heavy atom. The van der Waals surface area contributed by atoms with E-state index < -0.39 is 0 Å². The van der Waals surface area contributed by atoms with E-state index in [0.29, 0.717) is 0 Å². The van der Waals surface area contributed by atoms with Gasteiger partial charge in [-0.15, -0.1) is 11.3 Å². The summed E-state index contributed by atoms with van der Waals surface area (Å²) < 4.78 is 3.79. The van der Waals surface area contributed by atoms with Crippen molar-refractivity contribution in [1.82, 2.24) is 9.88 Å². The first-order chi connectivity index (χ1) is 18.9. The molecule has 7 aromatic rings. The summed E-state index contributed by atoms with van der Waals surface area (Å²) in [7, 11) is 0. The zero-order valence-corrected chi connectivity index (χ0v) is 21.3. The summed E-state index contributed by atoms with van der Waals surface area (Å²) in [6, 6.07) is 40.7. The minimum atomic E-state index is -0.163. The fraction of sp³-hybridized carbons (Fsp3) is 0.0294. The fourth-order valence-corrected chi connectivity index (χ4v) is 6.86. The Balaban J connectivity index is 1.48. The quantitative estimate of drug-likeness (QED) is 0.256. The topological polar surface area (TPSA) is 29.3 Å². The fourth-order valence-electron chi connectivity index (χ4n) is 5.91. The molecule has 1 atom stereocenters. The molecular formula is C34H23N3S. The molecule has 3 nitrogen and oxygen atoms in total. The number of hydrogen-bond donors (Lipinski definition) is 1. The first kappa shape index (κ1) is 21.4. The van der Waals surface area contributed by atoms with Crippen molar-refractivity contribution in [1.29, 1.82) is 0 Å². The number of benzene rings is 5. The van der Waals surface area contributed by atoms with Crippen LogP contribution in [-0.4, -0.2) is 10.4 Å². The van der Waals surface area contributed by atoms with Crippen LogP contribution in [0, 0.1) is 0 Å². The third kappa shape index (κ3) is 3.11. The van der Waals surface area contributed by atoms with Crippen molar-refractivity contribution < 1.29 is 0 Å². The molecule has 0 aliphatic carbocycles. The molecule has 180 valence electrons. The molecule has 0 spiro atoms. The normalized spacial score (nSPS) is 15.6. The van der Waals surface area contributed by atoms with Crippen LogP contribution in [0.4, 0.5) is 0 Å². The van der Waals surface area contributed by atoms with Crippen LogP contribution in [0.3, 0.4) is 0 Å². The second kappa shape index (κ2) is 8.44. The second-order valence-electron chi connectivity index (χ2n) is 9.66. The number of amidine groups is 1. The van der Waals surface area contributed by atoms with Gasteiger partial charge in [0.05, 0.1) is 16.7 Å². The summed E-state index contributed by atoms with van der Waals surface area (Å²) in [6.45, 7) is 0. The largest absolute Gasteiger partial charge is 0.345 e. The van der Waals surface area contributed by atoms with Gasteiger partial charge >= 0.3 is 0 Å². The van der Waals surface area contributed by atoms with E-state index in [1.807, 2.05) is 17.4 Å². The Morgan fingerprint density at radius 3 is 2.16 bits per heavy atom. The summed E-state index contributed by atoms with van der Waals surface area (Å²) in [5, 5.41) is 12.2. The zero-order valence-electron chi connectivity index (χ0n) is 20.5. The molecule has 0 fully saturated rings. The number of para-hydroxylation sites is 1. The lowest BCUT2D eigenvalue weighted by atomic mass is 10.0. The molecule has 0 radical (unpaired) electrons. The van der Waals surface area contributed by atoms with Gasteiger partial charge in [-0.2, -0.15) is 0 Å². The smallest absolute Gasteiger partial charge is 0.133 e. The number of nitrogens with zero attached hydrogens (tertiary/aromatic N) is 2. The Morgan fingerprint density at radius 1 is 0.658 bits per heavy atom. The molecule has 1 unspecified atom stereocenters. The zero-order chi connectivity index (χ0) is 25.1. The van der Waals surface area contributed by atoms with Crippen LogP contribution < -0.4 is 5.32 Å². The highest BCUT2D eigenvalue weighted by Gasteiger charge is 2.27. The van der Waals surface area contributed by atoms with E-state index in [1.165, 1.54) is 48.2 Å². The Kier molecular flexibility index (Phi) is 4.76. The van der Waals surface area contributed by atoms with Gasteiger partial charge in [-0.3, -0.25) is 4.99 Å². The van der Waals surface area contributed by atoms with Gasteiger partial charge in [0.15, 0.2) is 0 Å². The van der Waals surface area contributed by atoms with Crippen LogP contribution in [0.2, 0.25) is 0 Å². The van der Waals surface area contributed by atoms with Gasteiger partial charge < -0.3 is 9.88 Å². The molecule has 38 heavy (non-hydrogen) atoms. The van der Waals surface area contributed by atoms with Gasteiger partial charge in [0.25, 0.3) is 0 Å². The third-order valence-corrected chi connectivity index (χ3v) is 8.50. The number of fused-ring (bicyclic) bond motifs is 8. The number of aliphatic imine (C=N–C) groups is 1. The monoisotopic (exact) mass is 505 g/mol. The Bertz CT molecular complexity index is 2050. The molecule has 4 heteroatoms. The maximum absolute atomic E-state index is 5.32. The van der Waals surface area contributed by atoms with Crippen molar-refractivity contribution in [2.75, 3.05) is 0 Å². The maximum Gasteiger partial charge on any atom is 0.133 e. The molecule has 0 saturated heterocycles. The third-order valence-electron chi connectivity index (χ3n) is 7.55. The molecule has 8 rings (SSSR count). The minimum Gasteiger partial charge on any atom is -0.345 e. The molecule has 0 bridgehead atoms. The Labute approximate surface area is 224 Å². The van der Waals surface area contributed by atoms with E-state index in [-0.39, 0.29) is 6.04 Å². The molecule has 2 aromatic heterocycles. The lowest BCUT2D eigenvalue weighted by Gasteiger charge is -2.26. The van der Waals surface area contributed by atoms with Gasteiger partial charge in [-0.1, -0.05) is 103 Å². The summed E-state index contributed by atoms with van der Waals surface area (Å²) in [5.41, 5.74) is 5.79. The van der Waals surface area contributed by atoms with Crippen molar-refractivity contribution in [2.24, 2.45) is 4.99 Å². The summed E-state index contributed by atoms with van der Waals surface area (Å²) in [6.07, 6.45) is 2.16. The molecule has 5 aromatic carbocycles. The standard InChI is InChI=1S/C34H23N3S/c1-3-11-22(12-4-1)31-29(21-35-34(36-31)23-13-5-2-6-14-23)37-28-18-10-9-17-26(28)30-27-19-20-38-33(27)25-16-8-7-15-24(25)32(30)37/h1-21,31H,(H,35,36). The van der Waals surface area contributed by atoms with E-state index in [4.69, 9.17) is 4.99 Å². The predicted molar refractivity (Wildman–Crippen MR) is 162 cm³/mol. The van der Waals surface area contributed by atoms with Crippen molar-refractivity contribution in [3.05, 3.63) is 138 Å². The lowest BCUT2D eigenvalue weighted by Crippen LogP contribution is -2.26. The van der Waals surface area contributed by atoms with Crippen molar-refractivity contribution >= 4 is 65.5 Å². The lowest BCUT2D eigenvalue weighted by molar-refractivity contribution is 0.845. The second-order valence-corrected chi connectivity index (χ2v) is 10.6. The number of hydrogen-bond acceptors (Lipinski definition) is 3. The van der Waals surface area contributed by atoms with E-state index in [0.717, 1.165) is 17.1 Å². The van der Waals surface area contributed by atoms with Crippen LogP contribution >= 0.6 is 11.3 Å². The molecule has 1 aliphatic heterocycles. The number of thiophene rings is 1. The van der Waals surface area contributed by atoms with Crippen LogP contribution in [-0.2, 0) is 0 Å². The van der Waals surface area contributed by atoms with Gasteiger partial charge in [0.1, 0.15) is 11.9 Å². The molecular weight excluding hydrogens is 482 g/mol. The molecule has 1 aliphatic rings. The Hall–Kier alpha value is -4.67. The number of rotatable bonds is 3. The van der Waals surface area contributed by atoms with Crippen LogP contribution in [0.15, 0.2) is 132 Å². The van der Waals surface area contributed by atoms with E-state index >= 15 is 0 Å². The molecule has 0 amide bonds. The SMILES string of the molecule is C1=C(n2c3ccccc3c3c4ccsc4c4ccccc4c32)C(c2ccccc2)N=C(c2ccccc2)N1. The maximum atomic E-state index is 5.32. The number of aromatic nitrogens is 1. The van der Waals surface area contributed by atoms with Crippen molar-refractivity contribution in [3.8, 4) is 0 Å². The van der Waals surface area contributed by atoms with Gasteiger partial charge in [-0.25, -0.2) is 0 Å².